The van der Waals surface area contributed by atoms with Gasteiger partial charge in [-0.25, -0.2) is 0 Å². The summed E-state index contributed by atoms with van der Waals surface area (Å²) in [6.07, 6.45) is 2.45. The van der Waals surface area contributed by atoms with Gasteiger partial charge in [-0.15, -0.1) is 0 Å². The second-order valence-corrected chi connectivity index (χ2v) is 8.44. The van der Waals surface area contributed by atoms with Crippen molar-refractivity contribution in [1.82, 2.24) is 20.1 Å². The van der Waals surface area contributed by atoms with Gasteiger partial charge in [0.05, 0.1) is 24.5 Å². The van der Waals surface area contributed by atoms with Gasteiger partial charge >= 0.3 is 0 Å². The van der Waals surface area contributed by atoms with Crippen LogP contribution in [0.3, 0.4) is 0 Å². The molecule has 6 nitrogen and oxygen atoms in total. The van der Waals surface area contributed by atoms with Crippen LogP contribution in [0.1, 0.15) is 32.9 Å². The number of aryl methyl sites for hydroxylation is 2. The van der Waals surface area contributed by atoms with Crippen molar-refractivity contribution < 1.29 is 9.53 Å². The normalized spacial score (nSPS) is 14.5. The predicted octanol–water partition coefficient (Wildman–Crippen LogP) is 4.34. The van der Waals surface area contributed by atoms with Crippen molar-refractivity contribution in [2.75, 3.05) is 6.54 Å². The predicted molar refractivity (Wildman–Crippen MR) is 127 cm³/mol. The first-order chi connectivity index (χ1) is 16.1. The minimum atomic E-state index is -0.0998. The van der Waals surface area contributed by atoms with Crippen molar-refractivity contribution in [3.63, 3.8) is 0 Å². The lowest BCUT2D eigenvalue weighted by molar-refractivity contribution is 0.0933. The number of carbonyl (C=O) groups is 1. The quantitative estimate of drug-likeness (QED) is 0.486. The van der Waals surface area contributed by atoms with E-state index >= 15 is 0 Å². The Hall–Kier alpha value is -3.93. The van der Waals surface area contributed by atoms with Gasteiger partial charge in [0.15, 0.2) is 0 Å². The zero-order valence-electron chi connectivity index (χ0n) is 18.8. The maximum atomic E-state index is 12.7. The minimum Gasteiger partial charge on any atom is -0.487 e. The lowest BCUT2D eigenvalue weighted by Crippen LogP contribution is -2.34. The number of carbonyl (C=O) groups excluding carboxylic acids is 1. The third-order valence-electron chi connectivity index (χ3n) is 5.91. The molecule has 1 aliphatic heterocycles. The first kappa shape index (κ1) is 20.9. The summed E-state index contributed by atoms with van der Waals surface area (Å²) < 4.78 is 8.18. The first-order valence-electron chi connectivity index (χ1n) is 11.1. The Balaban J connectivity index is 1.20. The number of hydrogen-bond acceptors (Lipinski definition) is 4. The molecular formula is C27H26N4O2. The molecule has 3 heterocycles. The third kappa shape index (κ3) is 4.51. The maximum Gasteiger partial charge on any atom is 0.251 e. The van der Waals surface area contributed by atoms with Gasteiger partial charge in [-0.2, -0.15) is 5.10 Å². The van der Waals surface area contributed by atoms with Crippen LogP contribution >= 0.6 is 0 Å². The molecule has 1 N–H and O–H groups in total. The highest BCUT2D eigenvalue weighted by atomic mass is 16.5. The fourth-order valence-corrected chi connectivity index (χ4v) is 4.25. The minimum absolute atomic E-state index is 0.0980. The van der Waals surface area contributed by atoms with E-state index in [2.05, 4.69) is 27.5 Å². The number of pyridine rings is 1. The largest absolute Gasteiger partial charge is 0.487 e. The van der Waals surface area contributed by atoms with Gasteiger partial charge in [0.25, 0.3) is 5.91 Å². The molecule has 0 saturated heterocycles. The van der Waals surface area contributed by atoms with Gasteiger partial charge in [-0.05, 0) is 61.4 Å². The topological polar surface area (TPSA) is 69.0 Å². The molecule has 0 aliphatic carbocycles. The van der Waals surface area contributed by atoms with Crippen LogP contribution in [0.2, 0.25) is 0 Å². The molecule has 1 atom stereocenters. The molecule has 0 fully saturated rings. The zero-order valence-corrected chi connectivity index (χ0v) is 18.8. The van der Waals surface area contributed by atoms with Crippen LogP contribution in [0.25, 0.3) is 11.3 Å². The molecule has 6 heteroatoms. The molecule has 4 aromatic rings. The van der Waals surface area contributed by atoms with Crippen LogP contribution in [-0.2, 0) is 13.0 Å². The number of ether oxygens (including phenoxy) is 1. The summed E-state index contributed by atoms with van der Waals surface area (Å²) in [6, 6.07) is 21.7. The molecular weight excluding hydrogens is 412 g/mol. The van der Waals surface area contributed by atoms with Gasteiger partial charge in [-0.3, -0.25) is 14.5 Å². The molecule has 166 valence electrons. The fourth-order valence-electron chi connectivity index (χ4n) is 4.25. The fraction of sp³-hybridized carbons (Fsp3) is 0.222. The average Bonchev–Trinajstić information content (AvgIpc) is 3.40. The standard InChI is InChI=1S/C27H26N4O2/c1-18-14-19(2)31(30-18)17-20-9-11-21(12-10-20)27(32)29-16-23-15-22-6-5-7-24(26(22)33-23)25-8-3-4-13-28-25/h3-14,23H,15-17H2,1-2H3,(H,29,32). The van der Waals surface area contributed by atoms with Crippen molar-refractivity contribution in [2.24, 2.45) is 0 Å². The molecule has 1 unspecified atom stereocenters. The van der Waals surface area contributed by atoms with Crippen LogP contribution in [0.4, 0.5) is 0 Å². The van der Waals surface area contributed by atoms with E-state index in [0.717, 1.165) is 45.9 Å². The van der Waals surface area contributed by atoms with E-state index in [9.17, 15) is 4.79 Å². The summed E-state index contributed by atoms with van der Waals surface area (Å²) in [7, 11) is 0. The Labute approximate surface area is 193 Å². The van der Waals surface area contributed by atoms with Crippen molar-refractivity contribution in [3.05, 3.63) is 101 Å². The summed E-state index contributed by atoms with van der Waals surface area (Å²) in [5, 5.41) is 7.52. The van der Waals surface area contributed by atoms with E-state index in [4.69, 9.17) is 4.74 Å². The van der Waals surface area contributed by atoms with E-state index in [-0.39, 0.29) is 12.0 Å². The Kier molecular flexibility index (Phi) is 5.65. The number of hydrogen-bond donors (Lipinski definition) is 1. The number of para-hydroxylation sites is 1. The van der Waals surface area contributed by atoms with Crippen molar-refractivity contribution in [3.8, 4) is 17.0 Å². The van der Waals surface area contributed by atoms with Crippen molar-refractivity contribution in [1.29, 1.82) is 0 Å². The number of benzene rings is 2. The lowest BCUT2D eigenvalue weighted by atomic mass is 10.0. The highest BCUT2D eigenvalue weighted by Crippen LogP contribution is 2.37. The van der Waals surface area contributed by atoms with Crippen LogP contribution in [0.5, 0.6) is 5.75 Å². The van der Waals surface area contributed by atoms with Gasteiger partial charge in [0.1, 0.15) is 11.9 Å². The summed E-state index contributed by atoms with van der Waals surface area (Å²) in [5.41, 5.74) is 6.89. The van der Waals surface area contributed by atoms with Crippen LogP contribution in [-0.4, -0.2) is 33.3 Å². The maximum absolute atomic E-state index is 12.7. The van der Waals surface area contributed by atoms with Gasteiger partial charge in [0.2, 0.25) is 0 Å². The first-order valence-corrected chi connectivity index (χ1v) is 11.1. The Morgan fingerprint density at radius 1 is 1.09 bits per heavy atom. The summed E-state index contributed by atoms with van der Waals surface area (Å²) in [4.78, 5) is 17.1. The van der Waals surface area contributed by atoms with E-state index in [0.29, 0.717) is 18.7 Å². The highest BCUT2D eigenvalue weighted by Gasteiger charge is 2.26. The highest BCUT2D eigenvalue weighted by molar-refractivity contribution is 5.94. The van der Waals surface area contributed by atoms with Crippen LogP contribution in [0.15, 0.2) is 72.9 Å². The van der Waals surface area contributed by atoms with Crippen molar-refractivity contribution >= 4 is 5.91 Å². The smallest absolute Gasteiger partial charge is 0.251 e. The summed E-state index contributed by atoms with van der Waals surface area (Å²) >= 11 is 0. The van der Waals surface area contributed by atoms with Crippen LogP contribution in [0, 0.1) is 13.8 Å². The van der Waals surface area contributed by atoms with Gasteiger partial charge in [-0.1, -0.05) is 30.3 Å². The number of nitrogens with one attached hydrogen (secondary N) is 1. The number of amides is 1. The second kappa shape index (κ2) is 8.90. The number of rotatable bonds is 6. The molecule has 2 aromatic carbocycles. The average molecular weight is 439 g/mol. The third-order valence-corrected chi connectivity index (χ3v) is 5.91. The molecule has 2 aromatic heterocycles. The molecule has 33 heavy (non-hydrogen) atoms. The van der Waals surface area contributed by atoms with E-state index in [1.54, 1.807) is 6.20 Å². The molecule has 1 amide bonds. The monoisotopic (exact) mass is 438 g/mol. The molecule has 0 bridgehead atoms. The molecule has 5 rings (SSSR count). The zero-order chi connectivity index (χ0) is 22.8. The van der Waals surface area contributed by atoms with E-state index < -0.39 is 0 Å². The Morgan fingerprint density at radius 3 is 2.67 bits per heavy atom. The Morgan fingerprint density at radius 2 is 1.94 bits per heavy atom. The number of aromatic nitrogens is 3. The van der Waals surface area contributed by atoms with Gasteiger partial charge < -0.3 is 10.1 Å². The summed E-state index contributed by atoms with van der Waals surface area (Å²) in [5.74, 6) is 0.765. The van der Waals surface area contributed by atoms with Crippen molar-refractivity contribution in [2.45, 2.75) is 32.9 Å². The van der Waals surface area contributed by atoms with E-state index in [1.165, 1.54) is 0 Å². The van der Waals surface area contributed by atoms with Crippen LogP contribution < -0.4 is 10.1 Å². The summed E-state index contributed by atoms with van der Waals surface area (Å²) in [6.45, 7) is 5.17. The molecule has 0 saturated carbocycles. The van der Waals surface area contributed by atoms with E-state index in [1.807, 2.05) is 73.1 Å². The molecule has 0 spiro atoms. The van der Waals surface area contributed by atoms with Gasteiger partial charge in [0, 0.05) is 29.4 Å². The number of fused-ring (bicyclic) bond motifs is 1. The number of nitrogens with zero attached hydrogens (tertiary/aromatic N) is 3. The molecule has 0 radical (unpaired) electrons. The lowest BCUT2D eigenvalue weighted by Gasteiger charge is -2.13. The molecule has 1 aliphatic rings. The Bertz CT molecular complexity index is 1280. The second-order valence-electron chi connectivity index (χ2n) is 8.44. The SMILES string of the molecule is Cc1cc(C)n(Cc2ccc(C(=O)NCC3Cc4cccc(-c5ccccn5)c4O3)cc2)n1.